The van der Waals surface area contributed by atoms with Crippen LogP contribution in [-0.4, -0.2) is 43.6 Å². The number of pyridine rings is 1. The normalized spacial score (nSPS) is 12.9. The van der Waals surface area contributed by atoms with Crippen LogP contribution in [0.2, 0.25) is 0 Å². The van der Waals surface area contributed by atoms with Crippen LogP contribution in [0.4, 0.5) is 13.2 Å². The van der Waals surface area contributed by atoms with E-state index in [1.165, 1.54) is 6.20 Å². The highest BCUT2D eigenvalue weighted by Crippen LogP contribution is 2.28. The molecule has 0 radical (unpaired) electrons. The third-order valence-corrected chi connectivity index (χ3v) is 2.98. The molecular formula is C13H14F3N5O2. The lowest BCUT2D eigenvalue weighted by atomic mass is 10.2. The molecule has 0 aliphatic rings. The molecule has 0 aliphatic carbocycles. The number of rotatable bonds is 5. The third kappa shape index (κ3) is 4.25. The van der Waals surface area contributed by atoms with Crippen molar-refractivity contribution in [1.29, 1.82) is 0 Å². The minimum atomic E-state index is -4.47. The van der Waals surface area contributed by atoms with Crippen LogP contribution in [0.25, 0.3) is 5.82 Å². The van der Waals surface area contributed by atoms with E-state index >= 15 is 0 Å². The molecule has 0 aliphatic heterocycles. The first-order chi connectivity index (χ1) is 10.8. The maximum atomic E-state index is 12.5. The Balaban J connectivity index is 2.11. The van der Waals surface area contributed by atoms with Crippen LogP contribution in [-0.2, 0) is 6.18 Å². The van der Waals surface area contributed by atoms with Crippen molar-refractivity contribution in [2.45, 2.75) is 25.6 Å². The van der Waals surface area contributed by atoms with Crippen LogP contribution in [0.1, 0.15) is 29.4 Å². The summed E-state index contributed by atoms with van der Waals surface area (Å²) in [6, 6.07) is 1.75. The van der Waals surface area contributed by atoms with Gasteiger partial charge in [-0.3, -0.25) is 4.79 Å². The van der Waals surface area contributed by atoms with Gasteiger partial charge in [0.1, 0.15) is 0 Å². The van der Waals surface area contributed by atoms with E-state index in [0.29, 0.717) is 12.6 Å². The fraction of sp³-hybridized carbons (Fsp3) is 0.385. The summed E-state index contributed by atoms with van der Waals surface area (Å²) in [6.07, 6.45) is -2.14. The Kier molecular flexibility index (Phi) is 4.94. The summed E-state index contributed by atoms with van der Waals surface area (Å²) in [6.45, 7) is 1.65. The molecule has 1 unspecified atom stereocenters. The molecule has 2 aromatic rings. The monoisotopic (exact) mass is 329 g/mol. The molecule has 0 aromatic carbocycles. The zero-order chi connectivity index (χ0) is 17.0. The molecular weight excluding hydrogens is 315 g/mol. The van der Waals surface area contributed by atoms with E-state index in [2.05, 4.69) is 20.6 Å². The summed E-state index contributed by atoms with van der Waals surface area (Å²) in [4.78, 5) is 15.5. The molecule has 1 amide bonds. The Hall–Kier alpha value is -2.49. The summed E-state index contributed by atoms with van der Waals surface area (Å²) in [5.41, 5.74) is -0.881. The van der Waals surface area contributed by atoms with E-state index in [1.807, 2.05) is 0 Å². The first-order valence-corrected chi connectivity index (χ1v) is 6.69. The number of aromatic nitrogens is 4. The maximum Gasteiger partial charge on any atom is 0.417 e. The quantitative estimate of drug-likeness (QED) is 0.859. The predicted molar refractivity (Wildman–Crippen MR) is 72.8 cm³/mol. The highest BCUT2D eigenvalue weighted by molar-refractivity contribution is 5.92. The second-order valence-corrected chi connectivity index (χ2v) is 4.84. The summed E-state index contributed by atoms with van der Waals surface area (Å²) in [7, 11) is 0. The van der Waals surface area contributed by atoms with Gasteiger partial charge in [0.05, 0.1) is 11.8 Å². The van der Waals surface area contributed by atoms with E-state index in [1.54, 1.807) is 6.92 Å². The van der Waals surface area contributed by atoms with Gasteiger partial charge in [0, 0.05) is 18.8 Å². The molecule has 0 bridgehead atoms. The SMILES string of the molecule is CC(CCO)NC(=O)c1cn(-c2ccc(C(F)(F)F)cn2)nn1. The van der Waals surface area contributed by atoms with Crippen molar-refractivity contribution in [3.05, 3.63) is 35.8 Å². The molecule has 124 valence electrons. The standard InChI is InChI=1S/C13H14F3N5O2/c1-8(4-5-22)18-12(23)10-7-21(20-19-10)11-3-2-9(6-17-11)13(14,15)16/h2-3,6-8,22H,4-5H2,1H3,(H,18,23). The zero-order valence-electron chi connectivity index (χ0n) is 12.1. The van der Waals surface area contributed by atoms with Gasteiger partial charge in [0.15, 0.2) is 11.5 Å². The minimum absolute atomic E-state index is 0.00325. The highest BCUT2D eigenvalue weighted by Gasteiger charge is 2.30. The molecule has 2 rings (SSSR count). The lowest BCUT2D eigenvalue weighted by molar-refractivity contribution is -0.137. The van der Waals surface area contributed by atoms with E-state index in [4.69, 9.17) is 5.11 Å². The Morgan fingerprint density at radius 3 is 2.74 bits per heavy atom. The van der Waals surface area contributed by atoms with Crippen LogP contribution in [0.15, 0.2) is 24.5 Å². The number of amides is 1. The van der Waals surface area contributed by atoms with Crippen LogP contribution in [0, 0.1) is 0 Å². The second kappa shape index (κ2) is 6.73. The van der Waals surface area contributed by atoms with Gasteiger partial charge in [0.25, 0.3) is 5.91 Å². The van der Waals surface area contributed by atoms with Gasteiger partial charge < -0.3 is 10.4 Å². The first kappa shape index (κ1) is 16.9. The van der Waals surface area contributed by atoms with Gasteiger partial charge in [-0.05, 0) is 25.5 Å². The Morgan fingerprint density at radius 2 is 2.17 bits per heavy atom. The average molecular weight is 329 g/mol. The molecule has 2 heterocycles. The van der Waals surface area contributed by atoms with Crippen LogP contribution >= 0.6 is 0 Å². The lowest BCUT2D eigenvalue weighted by Gasteiger charge is -2.10. The molecule has 0 fully saturated rings. The fourth-order valence-electron chi connectivity index (χ4n) is 1.73. The zero-order valence-corrected chi connectivity index (χ0v) is 12.1. The number of aliphatic hydroxyl groups is 1. The lowest BCUT2D eigenvalue weighted by Crippen LogP contribution is -2.33. The van der Waals surface area contributed by atoms with Crippen molar-refractivity contribution in [3.8, 4) is 5.82 Å². The van der Waals surface area contributed by atoms with Crippen molar-refractivity contribution in [3.63, 3.8) is 0 Å². The summed E-state index contributed by atoms with van der Waals surface area (Å²) in [5, 5.41) is 18.7. The number of nitrogens with zero attached hydrogens (tertiary/aromatic N) is 4. The molecule has 7 nitrogen and oxygen atoms in total. The van der Waals surface area contributed by atoms with Gasteiger partial charge in [-0.25, -0.2) is 9.67 Å². The highest BCUT2D eigenvalue weighted by atomic mass is 19.4. The summed E-state index contributed by atoms with van der Waals surface area (Å²) in [5.74, 6) is -0.392. The summed E-state index contributed by atoms with van der Waals surface area (Å²) >= 11 is 0. The predicted octanol–water partition coefficient (Wildman–Crippen LogP) is 1.18. The largest absolute Gasteiger partial charge is 0.417 e. The molecule has 2 aromatic heterocycles. The Labute approximate surface area is 129 Å². The number of hydrogen-bond acceptors (Lipinski definition) is 5. The number of aliphatic hydroxyl groups excluding tert-OH is 1. The van der Waals surface area contributed by atoms with E-state index < -0.39 is 17.6 Å². The van der Waals surface area contributed by atoms with Crippen molar-refractivity contribution < 1.29 is 23.1 Å². The van der Waals surface area contributed by atoms with Crippen LogP contribution < -0.4 is 5.32 Å². The van der Waals surface area contributed by atoms with Gasteiger partial charge in [-0.2, -0.15) is 13.2 Å². The maximum absolute atomic E-state index is 12.5. The first-order valence-electron chi connectivity index (χ1n) is 6.69. The molecule has 0 saturated heterocycles. The summed E-state index contributed by atoms with van der Waals surface area (Å²) < 4.78 is 38.5. The minimum Gasteiger partial charge on any atom is -0.396 e. The van der Waals surface area contributed by atoms with E-state index in [-0.39, 0.29) is 24.2 Å². The van der Waals surface area contributed by atoms with Crippen molar-refractivity contribution in [2.75, 3.05) is 6.61 Å². The number of carbonyl (C=O) groups excluding carboxylic acids is 1. The Bertz CT molecular complexity index is 669. The number of halogens is 3. The van der Waals surface area contributed by atoms with Crippen molar-refractivity contribution in [1.82, 2.24) is 25.3 Å². The smallest absolute Gasteiger partial charge is 0.396 e. The number of alkyl halides is 3. The van der Waals surface area contributed by atoms with Gasteiger partial charge in [-0.15, -0.1) is 5.10 Å². The Morgan fingerprint density at radius 1 is 1.43 bits per heavy atom. The fourth-order valence-corrected chi connectivity index (χ4v) is 1.73. The number of nitrogens with one attached hydrogen (secondary N) is 1. The number of hydrogen-bond donors (Lipinski definition) is 2. The van der Waals surface area contributed by atoms with Crippen LogP contribution in [0.5, 0.6) is 0 Å². The molecule has 1 atom stereocenters. The third-order valence-electron chi connectivity index (χ3n) is 2.98. The van der Waals surface area contributed by atoms with Crippen LogP contribution in [0.3, 0.4) is 0 Å². The second-order valence-electron chi connectivity index (χ2n) is 4.84. The molecule has 0 spiro atoms. The van der Waals surface area contributed by atoms with Gasteiger partial charge in [0.2, 0.25) is 0 Å². The van der Waals surface area contributed by atoms with E-state index in [9.17, 15) is 18.0 Å². The van der Waals surface area contributed by atoms with Crippen molar-refractivity contribution in [2.24, 2.45) is 0 Å². The number of carbonyl (C=O) groups is 1. The van der Waals surface area contributed by atoms with Crippen molar-refractivity contribution >= 4 is 5.91 Å². The molecule has 10 heteroatoms. The van der Waals surface area contributed by atoms with Gasteiger partial charge in [-0.1, -0.05) is 5.21 Å². The topological polar surface area (TPSA) is 92.9 Å². The van der Waals surface area contributed by atoms with E-state index in [0.717, 1.165) is 16.8 Å². The average Bonchev–Trinajstić information content (AvgIpc) is 2.96. The molecule has 2 N–H and O–H groups in total. The molecule has 0 saturated carbocycles. The van der Waals surface area contributed by atoms with Gasteiger partial charge >= 0.3 is 6.18 Å². The molecule has 23 heavy (non-hydrogen) atoms.